The van der Waals surface area contributed by atoms with Gasteiger partial charge in [0.15, 0.2) is 0 Å². The van der Waals surface area contributed by atoms with E-state index in [1.54, 1.807) is 16.7 Å². The fraction of sp³-hybridized carbons (Fsp3) is 0.524. The summed E-state index contributed by atoms with van der Waals surface area (Å²) in [6.07, 6.45) is 5.28. The zero-order chi connectivity index (χ0) is 46.6. The zero-order valence-corrected chi connectivity index (χ0v) is 38.4. The van der Waals surface area contributed by atoms with E-state index in [1.165, 1.54) is 29.7 Å². The van der Waals surface area contributed by atoms with Crippen LogP contribution in [0.4, 0.5) is 14.9 Å². The van der Waals surface area contributed by atoms with E-state index in [0.29, 0.717) is 30.2 Å². The largest absolute Gasteiger partial charge is 0.769 e. The van der Waals surface area contributed by atoms with E-state index in [2.05, 4.69) is 10.6 Å². The number of carbonyl (C=O) groups excluding carboxylic acids is 5. The van der Waals surface area contributed by atoms with Gasteiger partial charge in [-0.25, -0.2) is 14.0 Å². The summed E-state index contributed by atoms with van der Waals surface area (Å²) in [5.41, 5.74) is 9.29. The van der Waals surface area contributed by atoms with E-state index in [1.807, 2.05) is 17.2 Å². The number of benzene rings is 1. The summed E-state index contributed by atoms with van der Waals surface area (Å²) in [5.74, 6) is -3.60. The van der Waals surface area contributed by atoms with Gasteiger partial charge in [0.2, 0.25) is 11.3 Å². The molecule has 7 rings (SSSR count). The first-order valence-electron chi connectivity index (χ1n) is 21.4. The maximum Gasteiger partial charge on any atom is 0.404 e. The van der Waals surface area contributed by atoms with Crippen molar-refractivity contribution in [1.82, 2.24) is 30.3 Å². The Morgan fingerprint density at radius 2 is 1.92 bits per heavy atom. The number of rotatable bonds is 19. The number of halogens is 2. The monoisotopic (exact) mass is 960 g/mol. The summed E-state index contributed by atoms with van der Waals surface area (Å²) in [4.78, 5) is 83.0. The molecular weight excluding hydrogens is 909 g/mol. The molecule has 3 aliphatic heterocycles. The molecule has 1 aliphatic carbocycles. The lowest BCUT2D eigenvalue weighted by Crippen LogP contribution is -2.80. The molecule has 2 saturated heterocycles. The smallest absolute Gasteiger partial charge is 0.404 e. The highest BCUT2D eigenvalue weighted by atomic mass is 35.5. The van der Waals surface area contributed by atoms with Crippen LogP contribution in [0.5, 0.6) is 0 Å². The molecule has 5 heterocycles. The number of fused-ring (bicyclic) bond motifs is 2. The third kappa shape index (κ3) is 10.3. The number of nitrogens with one attached hydrogen (secondary N) is 2. The number of aromatic nitrogens is 1. The van der Waals surface area contributed by atoms with Crippen molar-refractivity contribution < 1.29 is 42.6 Å². The summed E-state index contributed by atoms with van der Waals surface area (Å²) in [5, 5.41) is 21.6. The second-order valence-corrected chi connectivity index (χ2v) is 18.7. The molecule has 1 saturated carbocycles. The molecule has 3 fully saturated rings. The Morgan fingerprint density at radius 3 is 2.62 bits per heavy atom. The number of primary amides is 1. The molecule has 0 bridgehead atoms. The van der Waals surface area contributed by atoms with Gasteiger partial charge in [0.1, 0.15) is 35.8 Å². The number of β-lactam (4-membered cyclic amide) rings is 1. The predicted molar refractivity (Wildman–Crippen MR) is 242 cm³/mol. The number of hydroxylamine groups is 1. The highest BCUT2D eigenvalue weighted by Gasteiger charge is 2.66. The van der Waals surface area contributed by atoms with Crippen molar-refractivity contribution in [2.75, 3.05) is 63.8 Å². The predicted octanol–water partition coefficient (Wildman–Crippen LogP) is 3.52. The normalized spacial score (nSPS) is 21.0. The van der Waals surface area contributed by atoms with E-state index in [4.69, 9.17) is 37.3 Å². The number of nitrogens with two attached hydrogens (primary N) is 2. The molecule has 23 heteroatoms. The molecule has 0 spiro atoms. The van der Waals surface area contributed by atoms with Crippen molar-refractivity contribution in [3.05, 3.63) is 77.8 Å². The average molecular weight is 962 g/mol. The van der Waals surface area contributed by atoms with Crippen molar-refractivity contribution in [3.8, 4) is 0 Å². The Hall–Kier alpha value is -4.81. The maximum absolute atomic E-state index is 15.9. The number of hydrazine groups is 1. The molecule has 4 aliphatic rings. The minimum absolute atomic E-state index is 0.000498. The Bertz CT molecular complexity index is 2400. The van der Waals surface area contributed by atoms with Crippen LogP contribution in [0.2, 0.25) is 5.02 Å². The van der Waals surface area contributed by atoms with Crippen molar-refractivity contribution in [2.45, 2.75) is 81.5 Å². The Morgan fingerprint density at radius 1 is 1.14 bits per heavy atom. The van der Waals surface area contributed by atoms with E-state index in [0.717, 1.165) is 59.7 Å². The molecule has 0 radical (unpaired) electrons. The molecule has 19 nitrogen and oxygen atoms in total. The number of anilines is 1. The molecule has 0 unspecified atom stereocenters. The van der Waals surface area contributed by atoms with Crippen LogP contribution in [0.3, 0.4) is 0 Å². The molecule has 3 atom stereocenters. The van der Waals surface area contributed by atoms with Crippen LogP contribution in [0.1, 0.15) is 73.1 Å². The van der Waals surface area contributed by atoms with Crippen LogP contribution in [0.25, 0.3) is 10.9 Å². The van der Waals surface area contributed by atoms with Crippen LogP contribution in [-0.4, -0.2) is 125 Å². The first-order chi connectivity index (χ1) is 31.2. The van der Waals surface area contributed by atoms with Crippen LogP contribution >= 0.6 is 34.7 Å². The number of thiophene rings is 1. The highest BCUT2D eigenvalue weighted by Crippen LogP contribution is 2.47. The number of esters is 1. The average Bonchev–Trinajstić information content (AvgIpc) is 4.04. The van der Waals surface area contributed by atoms with E-state index < -0.39 is 65.5 Å². The van der Waals surface area contributed by atoms with E-state index in [9.17, 15) is 34.0 Å². The van der Waals surface area contributed by atoms with Gasteiger partial charge in [-0.1, -0.05) is 31.0 Å². The number of pyridine rings is 1. The topological polar surface area (TPSA) is 247 Å². The van der Waals surface area contributed by atoms with E-state index in [-0.39, 0.29) is 83.2 Å². The summed E-state index contributed by atoms with van der Waals surface area (Å²) in [7, 11) is 1.26. The van der Waals surface area contributed by atoms with Crippen molar-refractivity contribution in [1.29, 1.82) is 0 Å². The molecule has 2 aromatic heterocycles. The van der Waals surface area contributed by atoms with Gasteiger partial charge in [0, 0.05) is 74.3 Å². The number of methoxy groups -OCH3 is 1. The third-order valence-corrected chi connectivity index (χ3v) is 14.2. The third-order valence-electron chi connectivity index (χ3n) is 11.6. The molecule has 1 aromatic carbocycles. The fourth-order valence-corrected chi connectivity index (χ4v) is 10.9. The van der Waals surface area contributed by atoms with Crippen LogP contribution in [0.15, 0.2) is 45.8 Å². The lowest BCUT2D eigenvalue weighted by atomic mass is 9.98. The summed E-state index contributed by atoms with van der Waals surface area (Å²) in [6, 6.07) is 4.56. The summed E-state index contributed by atoms with van der Waals surface area (Å²) < 4.78 is 33.6. The SMILES string of the molecule is CCCN(CCCNC(=O)c1cn(C2CC2)c2c(Cl)c(N3CCCC[C@@H](N)C3)c(F)cc2c1=O)N([O-])COC(=O)C1=C(COC(N)=O)CS[C@H]2N1C(=O)[C@]2(NC(=O)Cc1cccs1)OC. The second kappa shape index (κ2) is 20.8. The Kier molecular flexibility index (Phi) is 15.4. The van der Waals surface area contributed by atoms with Gasteiger partial charge in [0.25, 0.3) is 17.5 Å². The van der Waals surface area contributed by atoms with Crippen molar-refractivity contribution >= 4 is 81.1 Å². The standard InChI is InChI=1S/C42H52ClFN9O10S2/c1-3-13-50(15-7-12-47-37(56)29-20-51(26-10-11-26)34-28(36(29)55)18-30(44)35(32(34)43)49-14-5-4-8-25(45)19-49)52(60)23-63-38(57)33-24(21-62-41(46)59)22-65-40-42(61-2,39(58)53(33)40)48-31(54)17-27-9-6-16-64-27/h6,9,16,18,20,25-26,40H,3-5,7-8,10-15,17,19,21-23,45H2,1-2H3,(H2,46,59)(H,47,56)(H,48,54)/q-1/t25-,40-,42+/m1/s1. The number of nitrogens with zero attached hydrogens (tertiary/aromatic N) is 5. The van der Waals surface area contributed by atoms with Crippen molar-refractivity contribution in [2.24, 2.45) is 11.5 Å². The molecule has 352 valence electrons. The number of ether oxygens (including phenoxy) is 3. The summed E-state index contributed by atoms with van der Waals surface area (Å²) >= 11 is 9.45. The van der Waals surface area contributed by atoms with Crippen LogP contribution < -0.4 is 32.4 Å². The zero-order valence-electron chi connectivity index (χ0n) is 36.0. The van der Waals surface area contributed by atoms with Gasteiger partial charge in [-0.15, -0.1) is 23.1 Å². The molecular formula is C42H52ClFN9O10S2-. The summed E-state index contributed by atoms with van der Waals surface area (Å²) in [6.45, 7) is 1.99. The number of hydrogen-bond acceptors (Lipinski definition) is 16. The Labute approximate surface area is 387 Å². The lowest BCUT2D eigenvalue weighted by Gasteiger charge is -2.56. The molecule has 3 aromatic rings. The van der Waals surface area contributed by atoms with Gasteiger partial charge >= 0.3 is 12.1 Å². The fourth-order valence-electron chi connectivity index (χ4n) is 8.34. The number of thioether (sulfide) groups is 1. The number of hydrogen-bond donors (Lipinski definition) is 4. The minimum atomic E-state index is -1.81. The second-order valence-electron chi connectivity index (χ2n) is 16.2. The van der Waals surface area contributed by atoms with Gasteiger partial charge in [-0.3, -0.25) is 34.3 Å². The van der Waals surface area contributed by atoms with E-state index >= 15 is 4.39 Å². The lowest BCUT2D eigenvalue weighted by molar-refractivity contribution is -0.193. The van der Waals surface area contributed by atoms with Gasteiger partial charge < -0.3 is 51.0 Å². The van der Waals surface area contributed by atoms with Gasteiger partial charge in [-0.05, 0) is 56.0 Å². The minimum Gasteiger partial charge on any atom is -0.769 e. The molecule has 65 heavy (non-hydrogen) atoms. The Balaban J connectivity index is 0.987. The molecule has 4 amide bonds. The highest BCUT2D eigenvalue weighted by molar-refractivity contribution is 8.00. The van der Waals surface area contributed by atoms with Gasteiger partial charge in [-0.2, -0.15) is 0 Å². The first kappa shape index (κ1) is 48.1. The van der Waals surface area contributed by atoms with Crippen molar-refractivity contribution in [3.63, 3.8) is 0 Å². The number of amides is 4. The number of carbonyl (C=O) groups is 5. The first-order valence-corrected chi connectivity index (χ1v) is 23.7. The maximum atomic E-state index is 15.9. The van der Waals surface area contributed by atoms with Crippen LogP contribution in [0, 0.1) is 11.0 Å². The van der Waals surface area contributed by atoms with Gasteiger partial charge in [0.05, 0.1) is 28.0 Å². The molecule has 6 N–H and O–H groups in total. The van der Waals surface area contributed by atoms with Crippen LogP contribution in [-0.2, 0) is 35.0 Å². The quantitative estimate of drug-likeness (QED) is 0.0442.